The van der Waals surface area contributed by atoms with Gasteiger partial charge in [0.2, 0.25) is 0 Å². The number of para-hydroxylation sites is 1. The highest BCUT2D eigenvalue weighted by Crippen LogP contribution is 2.42. The van der Waals surface area contributed by atoms with Crippen LogP contribution >= 0.6 is 0 Å². The lowest BCUT2D eigenvalue weighted by Crippen LogP contribution is -2.48. The van der Waals surface area contributed by atoms with E-state index in [1.54, 1.807) is 0 Å². The summed E-state index contributed by atoms with van der Waals surface area (Å²) < 4.78 is 0. The topological polar surface area (TPSA) is 101 Å². The van der Waals surface area contributed by atoms with Crippen LogP contribution < -0.4 is 10.6 Å². The zero-order valence-electron chi connectivity index (χ0n) is 19.9. The first kappa shape index (κ1) is 22.8. The Bertz CT molecular complexity index is 1140. The monoisotopic (exact) mass is 463 g/mol. The highest BCUT2D eigenvalue weighted by molar-refractivity contribution is 6.36. The quantitative estimate of drug-likeness (QED) is 0.507. The zero-order chi connectivity index (χ0) is 23.8. The summed E-state index contributed by atoms with van der Waals surface area (Å²) in [7, 11) is 2.10. The predicted molar refractivity (Wildman–Crippen MR) is 133 cm³/mol. The van der Waals surface area contributed by atoms with Crippen LogP contribution in [0.25, 0.3) is 11.1 Å². The number of fused-ring (bicyclic) bond motifs is 2. The molecule has 2 aliphatic heterocycles. The van der Waals surface area contributed by atoms with Crippen molar-refractivity contribution in [2.45, 2.75) is 32.3 Å². The van der Waals surface area contributed by atoms with Gasteiger partial charge >= 0.3 is 0 Å². The van der Waals surface area contributed by atoms with Crippen molar-refractivity contribution in [3.05, 3.63) is 52.3 Å². The van der Waals surface area contributed by atoms with Gasteiger partial charge in [-0.05, 0) is 50.4 Å². The summed E-state index contributed by atoms with van der Waals surface area (Å²) in [6, 6.07) is 7.74. The van der Waals surface area contributed by atoms with Gasteiger partial charge in [-0.1, -0.05) is 18.2 Å². The van der Waals surface area contributed by atoms with Crippen molar-refractivity contribution in [3.8, 4) is 0 Å². The Morgan fingerprint density at radius 1 is 1.18 bits per heavy atom. The second kappa shape index (κ2) is 9.37. The number of amides is 2. The smallest absolute Gasteiger partial charge is 0.256 e. The summed E-state index contributed by atoms with van der Waals surface area (Å²) >= 11 is 0. The number of aromatic amines is 1. The molecular formula is C26H33N5O3. The number of H-pyrrole nitrogens is 1. The lowest BCUT2D eigenvalue weighted by atomic mass is 9.86. The SMILES string of the molecule is Cc1[nH]c2c(c1C(=O)NCC(O)CN1CCN(C)CC1)CCC/C2=C1/C(=O)Nc2ccccc21. The van der Waals surface area contributed by atoms with Gasteiger partial charge < -0.3 is 25.6 Å². The van der Waals surface area contributed by atoms with Crippen molar-refractivity contribution in [2.24, 2.45) is 0 Å². The number of nitrogens with zero attached hydrogens (tertiary/aromatic N) is 2. The number of hydrogen-bond donors (Lipinski definition) is 4. The summed E-state index contributed by atoms with van der Waals surface area (Å²) in [5.41, 5.74) is 6.73. The first-order chi connectivity index (χ1) is 16.4. The van der Waals surface area contributed by atoms with Crippen molar-refractivity contribution >= 4 is 28.6 Å². The number of aliphatic hydroxyl groups is 1. The van der Waals surface area contributed by atoms with Crippen LogP contribution in [0.4, 0.5) is 5.69 Å². The van der Waals surface area contributed by atoms with Gasteiger partial charge in [-0.25, -0.2) is 0 Å². The number of allylic oxidation sites excluding steroid dienone is 1. The van der Waals surface area contributed by atoms with Gasteiger partial charge in [0.05, 0.1) is 17.2 Å². The van der Waals surface area contributed by atoms with Crippen LogP contribution in [-0.4, -0.2) is 84.1 Å². The van der Waals surface area contributed by atoms with E-state index in [4.69, 9.17) is 0 Å². The number of carbonyl (C=O) groups excluding carboxylic acids is 2. The molecule has 5 rings (SSSR count). The summed E-state index contributed by atoms with van der Waals surface area (Å²) in [4.78, 5) is 33.9. The number of benzene rings is 1. The van der Waals surface area contributed by atoms with Crippen LogP contribution in [0.3, 0.4) is 0 Å². The Balaban J connectivity index is 1.34. The number of carbonyl (C=O) groups is 2. The number of aliphatic hydroxyl groups excluding tert-OH is 1. The third-order valence-electron chi connectivity index (χ3n) is 7.21. The largest absolute Gasteiger partial charge is 0.390 e. The van der Waals surface area contributed by atoms with Gasteiger partial charge in [0.1, 0.15) is 0 Å². The number of rotatable bonds is 5. The van der Waals surface area contributed by atoms with Crippen molar-refractivity contribution in [1.29, 1.82) is 0 Å². The molecule has 1 unspecified atom stereocenters. The third-order valence-corrected chi connectivity index (χ3v) is 7.21. The molecule has 2 aromatic rings. The second-order valence-corrected chi connectivity index (χ2v) is 9.65. The zero-order valence-corrected chi connectivity index (χ0v) is 19.9. The summed E-state index contributed by atoms with van der Waals surface area (Å²) in [5.74, 6) is -0.260. The molecule has 180 valence electrons. The number of piperazine rings is 1. The van der Waals surface area contributed by atoms with Crippen molar-refractivity contribution in [3.63, 3.8) is 0 Å². The van der Waals surface area contributed by atoms with Crippen LogP contribution in [0.5, 0.6) is 0 Å². The molecule has 0 spiro atoms. The highest BCUT2D eigenvalue weighted by atomic mass is 16.3. The Labute approximate surface area is 200 Å². The number of nitrogens with one attached hydrogen (secondary N) is 3. The molecule has 1 aromatic heterocycles. The van der Waals surface area contributed by atoms with E-state index in [1.807, 2.05) is 31.2 Å². The lowest BCUT2D eigenvalue weighted by molar-refractivity contribution is -0.110. The van der Waals surface area contributed by atoms with Gasteiger partial charge in [0, 0.05) is 61.9 Å². The van der Waals surface area contributed by atoms with Gasteiger partial charge in [-0.15, -0.1) is 0 Å². The van der Waals surface area contributed by atoms with E-state index in [9.17, 15) is 14.7 Å². The molecule has 1 saturated heterocycles. The Morgan fingerprint density at radius 2 is 1.94 bits per heavy atom. The van der Waals surface area contributed by atoms with Crippen molar-refractivity contribution in [2.75, 3.05) is 51.6 Å². The van der Waals surface area contributed by atoms with Gasteiger partial charge in [0.15, 0.2) is 0 Å². The second-order valence-electron chi connectivity index (χ2n) is 9.65. The minimum Gasteiger partial charge on any atom is -0.390 e. The standard InChI is InChI=1S/C26H33N5O3/c1-16-22(25(33)27-14-17(32)15-31-12-10-30(2)11-13-31)19-7-5-8-20(24(19)28-16)23-18-6-3-4-9-21(18)29-26(23)34/h3-4,6,9,17,28,32H,5,7-8,10-15H2,1-2H3,(H,27,33)(H,29,34)/b23-20-. The van der Waals surface area contributed by atoms with E-state index in [0.717, 1.165) is 79.2 Å². The molecule has 34 heavy (non-hydrogen) atoms. The molecular weight excluding hydrogens is 430 g/mol. The molecule has 1 aliphatic carbocycles. The van der Waals surface area contributed by atoms with Gasteiger partial charge in [0.25, 0.3) is 11.8 Å². The van der Waals surface area contributed by atoms with Crippen molar-refractivity contribution < 1.29 is 14.7 Å². The maximum Gasteiger partial charge on any atom is 0.256 e. The highest BCUT2D eigenvalue weighted by Gasteiger charge is 2.33. The molecule has 1 fully saturated rings. The van der Waals surface area contributed by atoms with Crippen LogP contribution in [0.2, 0.25) is 0 Å². The lowest BCUT2D eigenvalue weighted by Gasteiger charge is -2.33. The van der Waals surface area contributed by atoms with E-state index in [1.165, 1.54) is 0 Å². The first-order valence-electron chi connectivity index (χ1n) is 12.1. The molecule has 3 heterocycles. The van der Waals surface area contributed by atoms with Crippen LogP contribution in [0, 0.1) is 6.92 Å². The molecule has 8 nitrogen and oxygen atoms in total. The molecule has 8 heteroatoms. The molecule has 4 N–H and O–H groups in total. The van der Waals surface area contributed by atoms with E-state index >= 15 is 0 Å². The summed E-state index contributed by atoms with van der Waals surface area (Å²) in [6.07, 6.45) is 1.84. The Kier molecular flexibility index (Phi) is 6.29. The number of β-amino-alcohol motifs (C(OH)–C–C–N with tert-alkyl or cyclic N) is 1. The Hall–Kier alpha value is -2.94. The molecule has 1 atom stereocenters. The van der Waals surface area contributed by atoms with Crippen molar-refractivity contribution in [1.82, 2.24) is 20.1 Å². The van der Waals surface area contributed by atoms with E-state index < -0.39 is 6.10 Å². The molecule has 0 saturated carbocycles. The Morgan fingerprint density at radius 3 is 2.74 bits per heavy atom. The predicted octanol–water partition coefficient (Wildman–Crippen LogP) is 1.86. The van der Waals surface area contributed by atoms with Crippen LogP contribution in [-0.2, 0) is 11.2 Å². The van der Waals surface area contributed by atoms with Crippen LogP contribution in [0.15, 0.2) is 24.3 Å². The van der Waals surface area contributed by atoms with E-state index in [0.29, 0.717) is 17.7 Å². The third kappa shape index (κ3) is 4.29. The summed E-state index contributed by atoms with van der Waals surface area (Å²) in [5, 5.41) is 16.4. The fraction of sp³-hybridized carbons (Fsp3) is 0.462. The molecule has 1 aromatic carbocycles. The minimum absolute atomic E-state index is 0.0886. The molecule has 0 radical (unpaired) electrons. The normalized spacial score (nSPS) is 21.7. The average Bonchev–Trinajstić information content (AvgIpc) is 3.34. The van der Waals surface area contributed by atoms with Crippen LogP contribution in [0.1, 0.15) is 45.7 Å². The molecule has 0 bridgehead atoms. The fourth-order valence-corrected chi connectivity index (χ4v) is 5.42. The fourth-order valence-electron chi connectivity index (χ4n) is 5.42. The maximum atomic E-state index is 13.2. The molecule has 2 amide bonds. The number of aryl methyl sites for hydroxylation is 1. The number of aromatic nitrogens is 1. The molecule has 3 aliphatic rings. The number of anilines is 1. The average molecular weight is 464 g/mol. The van der Waals surface area contributed by atoms with E-state index in [2.05, 4.69) is 32.5 Å². The van der Waals surface area contributed by atoms with Gasteiger partial charge in [-0.2, -0.15) is 0 Å². The van der Waals surface area contributed by atoms with Gasteiger partial charge in [-0.3, -0.25) is 14.5 Å². The number of hydrogen-bond acceptors (Lipinski definition) is 5. The first-order valence-corrected chi connectivity index (χ1v) is 12.1. The minimum atomic E-state index is -0.612. The van der Waals surface area contributed by atoms with E-state index in [-0.39, 0.29) is 18.4 Å². The summed E-state index contributed by atoms with van der Waals surface area (Å²) in [6.45, 7) is 6.53. The number of likely N-dealkylation sites (N-methyl/N-ethyl adjacent to an activating group) is 1. The maximum absolute atomic E-state index is 13.2.